The number of hydrogen-bond acceptors (Lipinski definition) is 2. The van der Waals surface area contributed by atoms with Gasteiger partial charge in [0.2, 0.25) is 0 Å². The van der Waals surface area contributed by atoms with Gasteiger partial charge in [0, 0.05) is 34.8 Å². The molecule has 1 aliphatic rings. The van der Waals surface area contributed by atoms with Gasteiger partial charge >= 0.3 is 0 Å². The maximum atomic E-state index is 12.6. The molecule has 2 rings (SSSR count). The van der Waals surface area contributed by atoms with Gasteiger partial charge in [0.25, 0.3) is 5.91 Å². The van der Waals surface area contributed by atoms with Crippen LogP contribution in [0.4, 0.5) is 0 Å². The van der Waals surface area contributed by atoms with Gasteiger partial charge in [0.05, 0.1) is 0 Å². The molecule has 1 atom stereocenters. The highest BCUT2D eigenvalue weighted by molar-refractivity contribution is 14.1. The smallest absolute Gasteiger partial charge is 0.254 e. The summed E-state index contributed by atoms with van der Waals surface area (Å²) in [4.78, 5) is 14.5. The third kappa shape index (κ3) is 2.85. The summed E-state index contributed by atoms with van der Waals surface area (Å²) in [5.41, 5.74) is 3.15. The van der Waals surface area contributed by atoms with E-state index in [0.29, 0.717) is 6.04 Å². The predicted octanol–water partition coefficient (Wildman–Crippen LogP) is 2.34. The molecular formula is C14H19IN2O. The Morgan fingerprint density at radius 1 is 1.44 bits per heavy atom. The van der Waals surface area contributed by atoms with Gasteiger partial charge in [-0.2, -0.15) is 0 Å². The first-order valence-electron chi connectivity index (χ1n) is 6.28. The van der Waals surface area contributed by atoms with Crippen LogP contribution in [0.1, 0.15) is 28.4 Å². The number of amides is 1. The number of halogens is 1. The Kier molecular flexibility index (Phi) is 4.27. The SMILES string of the molecule is Cc1cc(I)cc(C(=O)N2CCN[C@H](C)C2)c1C. The second kappa shape index (κ2) is 5.57. The van der Waals surface area contributed by atoms with Gasteiger partial charge in [0.15, 0.2) is 0 Å². The van der Waals surface area contributed by atoms with E-state index in [4.69, 9.17) is 0 Å². The van der Waals surface area contributed by atoms with Crippen molar-refractivity contribution in [2.75, 3.05) is 19.6 Å². The molecule has 1 amide bonds. The molecule has 0 spiro atoms. The summed E-state index contributed by atoms with van der Waals surface area (Å²) in [6, 6.07) is 4.50. The van der Waals surface area contributed by atoms with Gasteiger partial charge in [0.1, 0.15) is 0 Å². The fourth-order valence-corrected chi connectivity index (χ4v) is 3.10. The first-order valence-corrected chi connectivity index (χ1v) is 7.36. The Morgan fingerprint density at radius 3 is 2.83 bits per heavy atom. The number of carbonyl (C=O) groups excluding carboxylic acids is 1. The van der Waals surface area contributed by atoms with E-state index < -0.39 is 0 Å². The highest BCUT2D eigenvalue weighted by Crippen LogP contribution is 2.20. The summed E-state index contributed by atoms with van der Waals surface area (Å²) in [5.74, 6) is 0.169. The monoisotopic (exact) mass is 358 g/mol. The van der Waals surface area contributed by atoms with E-state index in [1.807, 2.05) is 17.9 Å². The minimum atomic E-state index is 0.169. The molecule has 3 nitrogen and oxygen atoms in total. The molecule has 1 aliphatic heterocycles. The standard InChI is InChI=1S/C14H19IN2O/c1-9-6-12(15)7-13(11(9)3)14(18)17-5-4-16-10(2)8-17/h6-7,10,16H,4-5,8H2,1-3H3/t10-/m1/s1. The molecule has 1 heterocycles. The van der Waals surface area contributed by atoms with Crippen LogP contribution in [0.5, 0.6) is 0 Å². The normalized spacial score (nSPS) is 20.0. The van der Waals surface area contributed by atoms with Crippen molar-refractivity contribution < 1.29 is 4.79 Å². The van der Waals surface area contributed by atoms with Crippen molar-refractivity contribution in [2.24, 2.45) is 0 Å². The summed E-state index contributed by atoms with van der Waals surface area (Å²) in [6.45, 7) is 8.69. The van der Waals surface area contributed by atoms with E-state index in [-0.39, 0.29) is 5.91 Å². The first kappa shape index (κ1) is 13.8. The van der Waals surface area contributed by atoms with Crippen LogP contribution in [0.3, 0.4) is 0 Å². The predicted molar refractivity (Wildman–Crippen MR) is 82.0 cm³/mol. The number of hydrogen-bond donors (Lipinski definition) is 1. The second-order valence-corrected chi connectivity index (χ2v) is 6.25. The number of aryl methyl sites for hydroxylation is 1. The van der Waals surface area contributed by atoms with Crippen molar-refractivity contribution in [3.63, 3.8) is 0 Å². The van der Waals surface area contributed by atoms with Crippen LogP contribution in [0.15, 0.2) is 12.1 Å². The highest BCUT2D eigenvalue weighted by atomic mass is 127. The van der Waals surface area contributed by atoms with Crippen molar-refractivity contribution in [1.82, 2.24) is 10.2 Å². The van der Waals surface area contributed by atoms with Gasteiger partial charge in [-0.3, -0.25) is 4.79 Å². The number of nitrogens with zero attached hydrogens (tertiary/aromatic N) is 1. The fourth-order valence-electron chi connectivity index (χ4n) is 2.32. The lowest BCUT2D eigenvalue weighted by Gasteiger charge is -2.32. The Hall–Kier alpha value is -0.620. The molecule has 0 aliphatic carbocycles. The summed E-state index contributed by atoms with van der Waals surface area (Å²) in [7, 11) is 0. The lowest BCUT2D eigenvalue weighted by molar-refractivity contribution is 0.0708. The Morgan fingerprint density at radius 2 is 2.17 bits per heavy atom. The maximum Gasteiger partial charge on any atom is 0.254 e. The number of carbonyl (C=O) groups is 1. The quantitative estimate of drug-likeness (QED) is 0.782. The molecule has 4 heteroatoms. The Balaban J connectivity index is 2.28. The molecular weight excluding hydrogens is 339 g/mol. The zero-order valence-corrected chi connectivity index (χ0v) is 13.2. The molecule has 1 saturated heterocycles. The van der Waals surface area contributed by atoms with Gasteiger partial charge in [-0.05, 0) is 66.6 Å². The molecule has 0 unspecified atom stereocenters. The van der Waals surface area contributed by atoms with E-state index in [0.717, 1.165) is 34.3 Å². The largest absolute Gasteiger partial charge is 0.336 e. The summed E-state index contributed by atoms with van der Waals surface area (Å²) >= 11 is 2.27. The van der Waals surface area contributed by atoms with Crippen LogP contribution in [-0.4, -0.2) is 36.5 Å². The third-order valence-corrected chi connectivity index (χ3v) is 4.14. The Labute approximate surface area is 122 Å². The fraction of sp³-hybridized carbons (Fsp3) is 0.500. The molecule has 0 saturated carbocycles. The zero-order chi connectivity index (χ0) is 13.3. The van der Waals surface area contributed by atoms with Crippen LogP contribution in [0.25, 0.3) is 0 Å². The molecule has 1 N–H and O–H groups in total. The van der Waals surface area contributed by atoms with Crippen LogP contribution >= 0.6 is 22.6 Å². The molecule has 1 fully saturated rings. The number of piperazine rings is 1. The van der Waals surface area contributed by atoms with Gasteiger partial charge in [-0.1, -0.05) is 0 Å². The van der Waals surface area contributed by atoms with Crippen molar-refractivity contribution in [2.45, 2.75) is 26.8 Å². The minimum absolute atomic E-state index is 0.169. The van der Waals surface area contributed by atoms with Crippen molar-refractivity contribution >= 4 is 28.5 Å². The molecule has 1 aromatic carbocycles. The lowest BCUT2D eigenvalue weighted by Crippen LogP contribution is -2.51. The molecule has 1 aromatic rings. The van der Waals surface area contributed by atoms with Gasteiger partial charge in [-0.25, -0.2) is 0 Å². The number of rotatable bonds is 1. The van der Waals surface area contributed by atoms with Crippen LogP contribution in [-0.2, 0) is 0 Å². The molecule has 98 valence electrons. The second-order valence-electron chi connectivity index (χ2n) is 5.00. The topological polar surface area (TPSA) is 32.3 Å². The van der Waals surface area contributed by atoms with E-state index in [1.165, 1.54) is 5.56 Å². The van der Waals surface area contributed by atoms with Crippen LogP contribution in [0, 0.1) is 17.4 Å². The number of nitrogens with one attached hydrogen (secondary N) is 1. The minimum Gasteiger partial charge on any atom is -0.336 e. The first-order chi connectivity index (χ1) is 8.49. The summed E-state index contributed by atoms with van der Waals surface area (Å²) in [6.07, 6.45) is 0. The lowest BCUT2D eigenvalue weighted by atomic mass is 10.0. The Bertz CT molecular complexity index is 473. The third-order valence-electron chi connectivity index (χ3n) is 3.52. The van der Waals surface area contributed by atoms with Crippen LogP contribution < -0.4 is 5.32 Å². The van der Waals surface area contributed by atoms with Crippen molar-refractivity contribution in [3.05, 3.63) is 32.4 Å². The zero-order valence-electron chi connectivity index (χ0n) is 11.1. The molecule has 0 bridgehead atoms. The summed E-state index contributed by atoms with van der Waals surface area (Å²) < 4.78 is 1.13. The molecule has 18 heavy (non-hydrogen) atoms. The number of benzene rings is 1. The van der Waals surface area contributed by atoms with E-state index in [9.17, 15) is 4.79 Å². The van der Waals surface area contributed by atoms with E-state index in [2.05, 4.69) is 47.8 Å². The average Bonchev–Trinajstić information content (AvgIpc) is 2.33. The van der Waals surface area contributed by atoms with E-state index >= 15 is 0 Å². The maximum absolute atomic E-state index is 12.6. The van der Waals surface area contributed by atoms with E-state index in [1.54, 1.807) is 0 Å². The van der Waals surface area contributed by atoms with Gasteiger partial charge in [-0.15, -0.1) is 0 Å². The highest BCUT2D eigenvalue weighted by Gasteiger charge is 2.23. The molecule has 0 radical (unpaired) electrons. The van der Waals surface area contributed by atoms with Gasteiger partial charge < -0.3 is 10.2 Å². The summed E-state index contributed by atoms with van der Waals surface area (Å²) in [5, 5.41) is 3.36. The van der Waals surface area contributed by atoms with Crippen LogP contribution in [0.2, 0.25) is 0 Å². The van der Waals surface area contributed by atoms with Crippen molar-refractivity contribution in [3.8, 4) is 0 Å². The molecule has 0 aromatic heterocycles. The average molecular weight is 358 g/mol. The van der Waals surface area contributed by atoms with Crippen molar-refractivity contribution in [1.29, 1.82) is 0 Å².